The summed E-state index contributed by atoms with van der Waals surface area (Å²) in [5.74, 6) is 0. The zero-order chi connectivity index (χ0) is 9.07. The molecule has 0 spiro atoms. The first kappa shape index (κ1) is 20.5. The van der Waals surface area contributed by atoms with E-state index in [2.05, 4.69) is 13.8 Å². The molecule has 0 saturated heterocycles. The number of rotatable bonds is 9. The van der Waals surface area contributed by atoms with Crippen LogP contribution in [-0.4, -0.2) is 0 Å². The molecule has 0 unspecified atom stereocenters. The maximum absolute atomic E-state index is 3.84. The molecular weight excluding hydrogens is 289 g/mol. The molecule has 84 valence electrons. The zero-order valence-electron chi connectivity index (χ0n) is 9.89. The molecule has 14 heavy (non-hydrogen) atoms. The van der Waals surface area contributed by atoms with Gasteiger partial charge >= 0.3 is 0 Å². The van der Waals surface area contributed by atoms with Crippen molar-refractivity contribution in [2.45, 2.75) is 71.1 Å². The summed E-state index contributed by atoms with van der Waals surface area (Å²) in [6.07, 6.45) is 13.9. The van der Waals surface area contributed by atoms with Crippen LogP contribution in [0, 0.1) is 6.92 Å². The van der Waals surface area contributed by atoms with Gasteiger partial charge in [0.1, 0.15) is 0 Å². The van der Waals surface area contributed by atoms with Gasteiger partial charge < -0.3 is 6.92 Å². The van der Waals surface area contributed by atoms with Gasteiger partial charge in [-0.1, -0.05) is 64.7 Å². The molecule has 0 aliphatic carbocycles. The van der Waals surface area contributed by atoms with Gasteiger partial charge in [-0.25, -0.2) is 0 Å². The topological polar surface area (TPSA) is 0 Å². The molecule has 2 heteroatoms. The fourth-order valence-electron chi connectivity index (χ4n) is 1.49. The number of hydrogen-bond donors (Lipinski definition) is 0. The summed E-state index contributed by atoms with van der Waals surface area (Å²) in [4.78, 5) is 0. The minimum Gasteiger partial charge on any atom is -0.343 e. The van der Waals surface area contributed by atoms with Crippen molar-refractivity contribution in [1.29, 1.82) is 0 Å². The van der Waals surface area contributed by atoms with Gasteiger partial charge in [-0.3, -0.25) is 0 Å². The van der Waals surface area contributed by atoms with Crippen LogP contribution < -0.4 is 0 Å². The maximum Gasteiger partial charge on any atom is 0 e. The van der Waals surface area contributed by atoms with Crippen molar-refractivity contribution in [3.8, 4) is 0 Å². The zero-order valence-corrected chi connectivity index (χ0v) is 14.6. The summed E-state index contributed by atoms with van der Waals surface area (Å²) in [6, 6.07) is 0. The van der Waals surface area contributed by atoms with Crippen LogP contribution in [0.5, 0.6) is 0 Å². The summed E-state index contributed by atoms with van der Waals surface area (Å²) < 4.78 is 0. The molecule has 0 amide bonds. The Morgan fingerprint density at radius 2 is 1.07 bits per heavy atom. The monoisotopic (exact) mass is 313 g/mol. The molecule has 0 radical (unpaired) electrons. The van der Waals surface area contributed by atoms with Gasteiger partial charge in [0.15, 0.2) is 0 Å². The van der Waals surface area contributed by atoms with Crippen LogP contribution in [0.2, 0.25) is 0 Å². The van der Waals surface area contributed by atoms with Crippen molar-refractivity contribution < 1.29 is 19.5 Å². The third kappa shape index (κ3) is 18.8. The van der Waals surface area contributed by atoms with Gasteiger partial charge in [0.05, 0.1) is 0 Å². The van der Waals surface area contributed by atoms with Crippen molar-refractivity contribution in [1.82, 2.24) is 0 Å². The standard InChI is InChI=1S/C12H25.BrH.Zn/c1-3-5-7-9-11-12-10-8-6-4-2;;/h1,3-12H2,2H3;1H;/q-1;;. The molecule has 0 bridgehead atoms. The Hall–Kier alpha value is 1.10. The molecule has 0 aromatic heterocycles. The number of unbranched alkanes of at least 4 members (excludes halogenated alkanes) is 9. The first-order chi connectivity index (χ1) is 5.91. The van der Waals surface area contributed by atoms with Crippen LogP contribution in [0.1, 0.15) is 71.1 Å². The molecular formula is C12H26BrZn-. The van der Waals surface area contributed by atoms with E-state index in [4.69, 9.17) is 0 Å². The molecule has 0 aromatic carbocycles. The van der Waals surface area contributed by atoms with Crippen LogP contribution in [0.15, 0.2) is 0 Å². The van der Waals surface area contributed by atoms with Crippen molar-refractivity contribution >= 4 is 17.0 Å². The van der Waals surface area contributed by atoms with E-state index in [-0.39, 0.29) is 36.5 Å². The average molecular weight is 316 g/mol. The Kier molecular flexibility index (Phi) is 28.8. The predicted molar refractivity (Wildman–Crippen MR) is 67.5 cm³/mol. The van der Waals surface area contributed by atoms with E-state index in [1.54, 1.807) is 0 Å². The largest absolute Gasteiger partial charge is 0.343 e. The van der Waals surface area contributed by atoms with Crippen molar-refractivity contribution in [3.05, 3.63) is 6.92 Å². The third-order valence-corrected chi connectivity index (χ3v) is 2.35. The molecule has 0 saturated carbocycles. The average Bonchev–Trinajstić information content (AvgIpc) is 2.10. The summed E-state index contributed by atoms with van der Waals surface area (Å²) >= 11 is 0. The second-order valence-electron chi connectivity index (χ2n) is 3.68. The van der Waals surface area contributed by atoms with Crippen LogP contribution >= 0.6 is 17.0 Å². The Bertz CT molecular complexity index is 66.7. The third-order valence-electron chi connectivity index (χ3n) is 2.35. The minimum absolute atomic E-state index is 0. The Morgan fingerprint density at radius 1 is 0.714 bits per heavy atom. The second-order valence-corrected chi connectivity index (χ2v) is 3.68. The normalized spacial score (nSPS) is 9.00. The Labute approximate surface area is 114 Å². The SMILES string of the molecule is Br.[CH2-]CCCCCCCCCCC.[Zn]. The molecule has 0 aliphatic heterocycles. The number of halogens is 1. The fraction of sp³-hybridized carbons (Fsp3) is 0.917. The van der Waals surface area contributed by atoms with Crippen molar-refractivity contribution in [2.24, 2.45) is 0 Å². The van der Waals surface area contributed by atoms with Gasteiger partial charge in [0, 0.05) is 19.5 Å². The smallest absolute Gasteiger partial charge is 0 e. The predicted octanol–water partition coefficient (Wildman–Crippen LogP) is 5.32. The Morgan fingerprint density at radius 3 is 1.43 bits per heavy atom. The number of hydrogen-bond acceptors (Lipinski definition) is 0. The van der Waals surface area contributed by atoms with E-state index < -0.39 is 0 Å². The molecule has 0 heterocycles. The van der Waals surface area contributed by atoms with Crippen LogP contribution in [0.4, 0.5) is 0 Å². The van der Waals surface area contributed by atoms with Gasteiger partial charge in [-0.15, -0.1) is 17.0 Å². The summed E-state index contributed by atoms with van der Waals surface area (Å²) in [5, 5.41) is 0. The fourth-order valence-corrected chi connectivity index (χ4v) is 1.49. The first-order valence-electron chi connectivity index (χ1n) is 5.71. The van der Waals surface area contributed by atoms with Gasteiger partial charge in [-0.2, -0.15) is 6.42 Å². The maximum atomic E-state index is 3.84. The summed E-state index contributed by atoms with van der Waals surface area (Å²) in [7, 11) is 0. The van der Waals surface area contributed by atoms with Gasteiger partial charge in [0.2, 0.25) is 0 Å². The molecule has 0 nitrogen and oxygen atoms in total. The van der Waals surface area contributed by atoms with E-state index in [9.17, 15) is 0 Å². The molecule has 0 aromatic rings. The van der Waals surface area contributed by atoms with E-state index in [1.165, 1.54) is 57.8 Å². The van der Waals surface area contributed by atoms with Crippen LogP contribution in [0.25, 0.3) is 0 Å². The molecule has 0 aliphatic rings. The van der Waals surface area contributed by atoms with Gasteiger partial charge in [-0.05, 0) is 0 Å². The van der Waals surface area contributed by atoms with Gasteiger partial charge in [0.25, 0.3) is 0 Å². The second kappa shape index (κ2) is 19.6. The quantitative estimate of drug-likeness (QED) is 0.307. The summed E-state index contributed by atoms with van der Waals surface area (Å²) in [5.41, 5.74) is 0. The molecule has 0 N–H and O–H groups in total. The molecule has 0 fully saturated rings. The van der Waals surface area contributed by atoms with E-state index >= 15 is 0 Å². The minimum atomic E-state index is 0. The van der Waals surface area contributed by atoms with E-state index in [1.807, 2.05) is 0 Å². The van der Waals surface area contributed by atoms with Crippen LogP contribution in [-0.2, 0) is 19.5 Å². The first-order valence-corrected chi connectivity index (χ1v) is 5.71. The molecule has 0 atom stereocenters. The van der Waals surface area contributed by atoms with E-state index in [0.29, 0.717) is 0 Å². The van der Waals surface area contributed by atoms with Crippen molar-refractivity contribution in [3.63, 3.8) is 0 Å². The Balaban J connectivity index is -0.000000605. The van der Waals surface area contributed by atoms with E-state index in [0.717, 1.165) is 6.42 Å². The van der Waals surface area contributed by atoms with Crippen molar-refractivity contribution in [2.75, 3.05) is 0 Å². The summed E-state index contributed by atoms with van der Waals surface area (Å²) in [6.45, 7) is 6.12. The molecule has 0 rings (SSSR count). The van der Waals surface area contributed by atoms with Crippen LogP contribution in [0.3, 0.4) is 0 Å².